The van der Waals surface area contributed by atoms with E-state index < -0.39 is 0 Å². The average molecular weight is 313 g/mol. The average Bonchev–Trinajstić information content (AvgIpc) is 2.89. The molecule has 3 rings (SSSR count). The van der Waals surface area contributed by atoms with E-state index in [-0.39, 0.29) is 6.03 Å². The number of hydrogen-bond donors (Lipinski definition) is 2. The zero-order valence-electron chi connectivity index (χ0n) is 12.3. The molecule has 2 heterocycles. The fourth-order valence-corrected chi connectivity index (χ4v) is 3.03. The van der Waals surface area contributed by atoms with Gasteiger partial charge in [-0.05, 0) is 32.0 Å². The smallest absolute Gasteiger partial charge is 0.321 e. The van der Waals surface area contributed by atoms with Crippen LogP contribution in [0.1, 0.15) is 12.6 Å². The Bertz CT molecular complexity index is 830. The number of fused-ring (bicyclic) bond motifs is 1. The van der Waals surface area contributed by atoms with Gasteiger partial charge in [-0.2, -0.15) is 0 Å². The number of anilines is 1. The first kappa shape index (κ1) is 14.4. The van der Waals surface area contributed by atoms with Crippen LogP contribution < -0.4 is 10.6 Å². The van der Waals surface area contributed by atoms with Crippen LogP contribution in [-0.2, 0) is 0 Å². The first-order chi connectivity index (χ1) is 10.7. The van der Waals surface area contributed by atoms with Crippen LogP contribution in [0.15, 0.2) is 30.5 Å². The van der Waals surface area contributed by atoms with Crippen molar-refractivity contribution in [3.05, 3.63) is 36.2 Å². The van der Waals surface area contributed by atoms with Gasteiger partial charge >= 0.3 is 6.03 Å². The van der Waals surface area contributed by atoms with Gasteiger partial charge in [0, 0.05) is 24.0 Å². The summed E-state index contributed by atoms with van der Waals surface area (Å²) in [6, 6.07) is 7.39. The lowest BCUT2D eigenvalue weighted by Crippen LogP contribution is -2.28. The van der Waals surface area contributed by atoms with Gasteiger partial charge in [-0.3, -0.25) is 5.32 Å². The molecule has 0 spiro atoms. The summed E-state index contributed by atoms with van der Waals surface area (Å²) in [7, 11) is 0. The van der Waals surface area contributed by atoms with E-state index in [9.17, 15) is 4.79 Å². The second kappa shape index (κ2) is 6.07. The topological polar surface area (TPSA) is 79.8 Å². The lowest BCUT2D eigenvalue weighted by atomic mass is 10.2. The van der Waals surface area contributed by atoms with Gasteiger partial charge in [0.05, 0.1) is 10.2 Å². The zero-order chi connectivity index (χ0) is 15.5. The van der Waals surface area contributed by atoms with Crippen molar-refractivity contribution < 1.29 is 4.79 Å². The minimum absolute atomic E-state index is 0.255. The maximum absolute atomic E-state index is 11.6. The van der Waals surface area contributed by atoms with Crippen LogP contribution in [0.2, 0.25) is 0 Å². The van der Waals surface area contributed by atoms with Crippen molar-refractivity contribution in [2.45, 2.75) is 13.8 Å². The van der Waals surface area contributed by atoms with E-state index in [1.54, 1.807) is 6.20 Å². The minimum Gasteiger partial charge on any atom is -0.338 e. The Morgan fingerprint density at radius 2 is 2.14 bits per heavy atom. The molecule has 22 heavy (non-hydrogen) atoms. The van der Waals surface area contributed by atoms with Crippen molar-refractivity contribution in [1.82, 2.24) is 20.3 Å². The first-order valence-corrected chi connectivity index (χ1v) is 7.73. The van der Waals surface area contributed by atoms with E-state index in [0.29, 0.717) is 17.5 Å². The van der Waals surface area contributed by atoms with Crippen LogP contribution in [0.25, 0.3) is 21.6 Å². The number of carbonyl (C=O) groups is 1. The summed E-state index contributed by atoms with van der Waals surface area (Å²) in [4.78, 5) is 24.8. The number of thiazole rings is 1. The molecular formula is C15H15N5OS. The molecule has 0 atom stereocenters. The van der Waals surface area contributed by atoms with Gasteiger partial charge in [0.1, 0.15) is 0 Å². The summed E-state index contributed by atoms with van der Waals surface area (Å²) < 4.78 is 0.958. The van der Waals surface area contributed by atoms with Gasteiger partial charge in [-0.25, -0.2) is 19.7 Å². The first-order valence-electron chi connectivity index (χ1n) is 6.92. The molecule has 0 saturated carbocycles. The van der Waals surface area contributed by atoms with Crippen molar-refractivity contribution in [3.8, 4) is 11.4 Å². The summed E-state index contributed by atoms with van der Waals surface area (Å²) in [5.41, 5.74) is 2.65. The molecule has 0 bridgehead atoms. The van der Waals surface area contributed by atoms with Crippen LogP contribution in [0, 0.1) is 6.92 Å². The molecule has 0 aliphatic rings. The van der Waals surface area contributed by atoms with Gasteiger partial charge in [-0.15, -0.1) is 0 Å². The summed E-state index contributed by atoms with van der Waals surface area (Å²) in [5.74, 6) is 0.666. The van der Waals surface area contributed by atoms with E-state index in [2.05, 4.69) is 25.6 Å². The van der Waals surface area contributed by atoms with Crippen molar-refractivity contribution in [2.75, 3.05) is 11.9 Å². The van der Waals surface area contributed by atoms with Gasteiger partial charge in [0.25, 0.3) is 0 Å². The van der Waals surface area contributed by atoms with E-state index >= 15 is 0 Å². The molecule has 7 heteroatoms. The summed E-state index contributed by atoms with van der Waals surface area (Å²) in [6.07, 6.45) is 1.74. The fourth-order valence-electron chi connectivity index (χ4n) is 2.06. The van der Waals surface area contributed by atoms with E-state index in [4.69, 9.17) is 0 Å². The number of nitrogens with zero attached hydrogens (tertiary/aromatic N) is 3. The molecule has 3 aromatic rings. The quantitative estimate of drug-likeness (QED) is 0.778. The maximum Gasteiger partial charge on any atom is 0.321 e. The van der Waals surface area contributed by atoms with Crippen molar-refractivity contribution in [3.63, 3.8) is 0 Å². The van der Waals surface area contributed by atoms with Crippen LogP contribution in [-0.4, -0.2) is 27.5 Å². The SMILES string of the molecule is CCNC(=O)Nc1nc2cccc(-c3nccc(C)n3)c2s1. The molecule has 2 N–H and O–H groups in total. The molecular weight excluding hydrogens is 298 g/mol. The third kappa shape index (κ3) is 2.89. The van der Waals surface area contributed by atoms with E-state index in [1.165, 1.54) is 11.3 Å². The Labute approximate surface area is 131 Å². The molecule has 0 aliphatic carbocycles. The molecule has 6 nitrogen and oxygen atoms in total. The predicted molar refractivity (Wildman–Crippen MR) is 88.1 cm³/mol. The fraction of sp³-hybridized carbons (Fsp3) is 0.200. The highest BCUT2D eigenvalue weighted by Gasteiger charge is 2.12. The zero-order valence-corrected chi connectivity index (χ0v) is 13.1. The lowest BCUT2D eigenvalue weighted by molar-refractivity contribution is 0.252. The third-order valence-corrected chi connectivity index (χ3v) is 4.03. The largest absolute Gasteiger partial charge is 0.338 e. The Balaban J connectivity index is 2.02. The lowest BCUT2D eigenvalue weighted by Gasteiger charge is -2.01. The Morgan fingerprint density at radius 3 is 2.91 bits per heavy atom. The summed E-state index contributed by atoms with van der Waals surface area (Å²) in [6.45, 7) is 4.37. The molecule has 112 valence electrons. The van der Waals surface area contributed by atoms with Crippen LogP contribution in [0.5, 0.6) is 0 Å². The number of amides is 2. The second-order valence-electron chi connectivity index (χ2n) is 4.68. The molecule has 0 fully saturated rings. The van der Waals surface area contributed by atoms with E-state index in [1.807, 2.05) is 38.1 Å². The van der Waals surface area contributed by atoms with Crippen molar-refractivity contribution >= 4 is 32.7 Å². The van der Waals surface area contributed by atoms with Crippen molar-refractivity contribution in [2.24, 2.45) is 0 Å². The van der Waals surface area contributed by atoms with E-state index in [0.717, 1.165) is 21.5 Å². The highest BCUT2D eigenvalue weighted by Crippen LogP contribution is 2.33. The standard InChI is InChI=1S/C15H15N5OS/c1-3-16-14(21)20-15-19-11-6-4-5-10(12(11)22-15)13-17-8-7-9(2)18-13/h4-8H,3H2,1-2H3,(H2,16,19,20,21). The molecule has 0 unspecified atom stereocenters. The highest BCUT2D eigenvalue weighted by molar-refractivity contribution is 7.22. The Kier molecular flexibility index (Phi) is 3.97. The summed E-state index contributed by atoms with van der Waals surface area (Å²) in [5, 5.41) is 5.98. The number of hydrogen-bond acceptors (Lipinski definition) is 5. The van der Waals surface area contributed by atoms with Crippen LogP contribution in [0.3, 0.4) is 0 Å². The molecule has 2 aromatic heterocycles. The highest BCUT2D eigenvalue weighted by atomic mass is 32.1. The Hall–Kier alpha value is -2.54. The van der Waals surface area contributed by atoms with Crippen LogP contribution in [0.4, 0.5) is 9.93 Å². The van der Waals surface area contributed by atoms with Gasteiger partial charge in [-0.1, -0.05) is 17.4 Å². The maximum atomic E-state index is 11.6. The Morgan fingerprint density at radius 1 is 1.27 bits per heavy atom. The normalized spacial score (nSPS) is 10.6. The number of carbonyl (C=O) groups excluding carboxylic acids is 1. The second-order valence-corrected chi connectivity index (χ2v) is 5.68. The number of benzene rings is 1. The molecule has 1 aromatic carbocycles. The van der Waals surface area contributed by atoms with Gasteiger partial charge < -0.3 is 5.32 Å². The van der Waals surface area contributed by atoms with Crippen LogP contribution >= 0.6 is 11.3 Å². The number of aryl methyl sites for hydroxylation is 1. The number of nitrogens with one attached hydrogen (secondary N) is 2. The predicted octanol–water partition coefficient (Wildman–Crippen LogP) is 3.20. The third-order valence-electron chi connectivity index (χ3n) is 3.01. The molecule has 0 saturated heterocycles. The molecule has 0 aliphatic heterocycles. The number of urea groups is 1. The monoisotopic (exact) mass is 313 g/mol. The number of rotatable bonds is 3. The summed E-state index contributed by atoms with van der Waals surface area (Å²) >= 11 is 1.42. The van der Waals surface area contributed by atoms with Crippen molar-refractivity contribution in [1.29, 1.82) is 0 Å². The van der Waals surface area contributed by atoms with Gasteiger partial charge in [0.2, 0.25) is 0 Å². The molecule has 2 amide bonds. The number of aromatic nitrogens is 3. The van der Waals surface area contributed by atoms with Gasteiger partial charge in [0.15, 0.2) is 11.0 Å². The molecule has 0 radical (unpaired) electrons. The minimum atomic E-state index is -0.255.